The maximum atomic E-state index is 13.3. The Balaban J connectivity index is 2.42. The summed E-state index contributed by atoms with van der Waals surface area (Å²) in [6.45, 7) is 0.304. The molecule has 1 aromatic heterocycles. The summed E-state index contributed by atoms with van der Waals surface area (Å²) in [4.78, 5) is 6.97. The van der Waals surface area contributed by atoms with Crippen LogP contribution in [0.25, 0.3) is 11.3 Å². The van der Waals surface area contributed by atoms with E-state index in [1.54, 1.807) is 18.3 Å². The fraction of sp³-hybridized carbons (Fsp3) is 0.0909. The lowest BCUT2D eigenvalue weighted by atomic mass is 10.1. The van der Waals surface area contributed by atoms with Crippen molar-refractivity contribution in [3.8, 4) is 17.3 Å². The summed E-state index contributed by atoms with van der Waals surface area (Å²) in [5.41, 5.74) is 6.76. The quantitative estimate of drug-likeness (QED) is 0.799. The molecule has 5 heteroatoms. The van der Waals surface area contributed by atoms with E-state index in [9.17, 15) is 4.39 Å². The van der Waals surface area contributed by atoms with E-state index in [1.165, 1.54) is 12.1 Å². The van der Waals surface area contributed by atoms with Gasteiger partial charge in [-0.15, -0.1) is 0 Å². The van der Waals surface area contributed by atoms with Crippen LogP contribution in [0.1, 0.15) is 11.4 Å². The number of H-pyrrole nitrogens is 1. The van der Waals surface area contributed by atoms with E-state index in [4.69, 9.17) is 11.0 Å². The number of nitrogens with zero attached hydrogens (tertiary/aromatic N) is 2. The van der Waals surface area contributed by atoms with Gasteiger partial charge in [0.25, 0.3) is 0 Å². The first-order valence-corrected chi connectivity index (χ1v) is 4.68. The van der Waals surface area contributed by atoms with Crippen LogP contribution < -0.4 is 5.73 Å². The average Bonchev–Trinajstić information content (AvgIpc) is 2.77. The van der Waals surface area contributed by atoms with E-state index < -0.39 is 5.82 Å². The fourth-order valence-corrected chi connectivity index (χ4v) is 1.39. The second-order valence-corrected chi connectivity index (χ2v) is 3.25. The lowest BCUT2D eigenvalue weighted by Crippen LogP contribution is -1.97. The average molecular weight is 216 g/mol. The molecule has 1 heterocycles. The molecular weight excluding hydrogens is 207 g/mol. The zero-order valence-corrected chi connectivity index (χ0v) is 8.37. The summed E-state index contributed by atoms with van der Waals surface area (Å²) < 4.78 is 13.3. The van der Waals surface area contributed by atoms with Crippen LogP contribution in [0.4, 0.5) is 4.39 Å². The van der Waals surface area contributed by atoms with Gasteiger partial charge in [0, 0.05) is 5.56 Å². The number of benzene rings is 1. The number of hydrogen-bond acceptors (Lipinski definition) is 3. The summed E-state index contributed by atoms with van der Waals surface area (Å²) in [5.74, 6) is 0.101. The largest absolute Gasteiger partial charge is 0.341 e. The normalized spacial score (nSPS) is 10.1. The summed E-state index contributed by atoms with van der Waals surface area (Å²) >= 11 is 0. The Hall–Kier alpha value is -2.19. The fourth-order valence-electron chi connectivity index (χ4n) is 1.39. The lowest BCUT2D eigenvalue weighted by Gasteiger charge is -1.98. The molecular formula is C11H9FN4. The molecule has 1 aromatic carbocycles. The Labute approximate surface area is 91.5 Å². The van der Waals surface area contributed by atoms with Crippen molar-refractivity contribution in [2.45, 2.75) is 6.54 Å². The number of rotatable bonds is 2. The third-order valence-electron chi connectivity index (χ3n) is 2.22. The highest BCUT2D eigenvalue weighted by atomic mass is 19.1. The number of halogens is 1. The molecule has 0 spiro atoms. The van der Waals surface area contributed by atoms with Crippen molar-refractivity contribution >= 4 is 0 Å². The highest BCUT2D eigenvalue weighted by Crippen LogP contribution is 2.19. The van der Waals surface area contributed by atoms with Gasteiger partial charge in [-0.05, 0) is 12.1 Å². The van der Waals surface area contributed by atoms with Gasteiger partial charge in [-0.1, -0.05) is 6.07 Å². The summed E-state index contributed by atoms with van der Waals surface area (Å²) in [7, 11) is 0. The smallest absolute Gasteiger partial charge is 0.141 e. The van der Waals surface area contributed by atoms with Crippen molar-refractivity contribution in [1.82, 2.24) is 9.97 Å². The zero-order valence-electron chi connectivity index (χ0n) is 8.37. The highest BCUT2D eigenvalue weighted by Gasteiger charge is 2.06. The molecule has 4 nitrogen and oxygen atoms in total. The van der Waals surface area contributed by atoms with Crippen LogP contribution >= 0.6 is 0 Å². The first-order chi connectivity index (χ1) is 7.74. The van der Waals surface area contributed by atoms with Gasteiger partial charge in [-0.25, -0.2) is 9.37 Å². The molecule has 0 unspecified atom stereocenters. The minimum Gasteiger partial charge on any atom is -0.341 e. The third-order valence-corrected chi connectivity index (χ3v) is 2.22. The molecule has 0 radical (unpaired) electrons. The van der Waals surface area contributed by atoms with Gasteiger partial charge in [0.2, 0.25) is 0 Å². The van der Waals surface area contributed by atoms with Crippen molar-refractivity contribution in [1.29, 1.82) is 5.26 Å². The van der Waals surface area contributed by atoms with E-state index in [2.05, 4.69) is 9.97 Å². The van der Waals surface area contributed by atoms with Crippen LogP contribution in [-0.2, 0) is 6.54 Å². The summed E-state index contributed by atoms with van der Waals surface area (Å²) in [5, 5.41) is 8.60. The number of nitrogens with two attached hydrogens (primary N) is 1. The maximum absolute atomic E-state index is 13.3. The van der Waals surface area contributed by atoms with E-state index in [1.807, 2.05) is 0 Å². The van der Waals surface area contributed by atoms with E-state index in [0.29, 0.717) is 23.6 Å². The number of nitrogens with one attached hydrogen (secondary N) is 1. The molecule has 0 amide bonds. The monoisotopic (exact) mass is 216 g/mol. The first-order valence-electron chi connectivity index (χ1n) is 4.68. The Morgan fingerprint density at radius 2 is 2.31 bits per heavy atom. The van der Waals surface area contributed by atoms with Gasteiger partial charge in [-0.2, -0.15) is 5.26 Å². The zero-order chi connectivity index (χ0) is 11.5. The second kappa shape index (κ2) is 4.13. The van der Waals surface area contributed by atoms with E-state index in [0.717, 1.165) is 0 Å². The molecule has 0 bridgehead atoms. The van der Waals surface area contributed by atoms with Crippen LogP contribution in [0.15, 0.2) is 24.4 Å². The maximum Gasteiger partial charge on any atom is 0.141 e. The van der Waals surface area contributed by atoms with Crippen molar-refractivity contribution in [2.75, 3.05) is 0 Å². The van der Waals surface area contributed by atoms with Crippen LogP contribution in [0, 0.1) is 17.1 Å². The Morgan fingerprint density at radius 1 is 1.50 bits per heavy atom. The third kappa shape index (κ3) is 1.78. The minimum absolute atomic E-state index is 0.0299. The highest BCUT2D eigenvalue weighted by molar-refractivity contribution is 5.60. The predicted molar refractivity (Wildman–Crippen MR) is 56.6 cm³/mol. The molecule has 0 aliphatic rings. The SMILES string of the molecule is N#Cc1ccc(-c2cnc(CN)[nH]2)cc1F. The molecule has 80 valence electrons. The van der Waals surface area contributed by atoms with Crippen molar-refractivity contribution in [2.24, 2.45) is 5.73 Å². The molecule has 0 aliphatic carbocycles. The van der Waals surface area contributed by atoms with Gasteiger partial charge in [0.05, 0.1) is 24.0 Å². The Kier molecular flexibility index (Phi) is 2.66. The van der Waals surface area contributed by atoms with Crippen LogP contribution in [0.3, 0.4) is 0 Å². The van der Waals surface area contributed by atoms with Gasteiger partial charge >= 0.3 is 0 Å². The van der Waals surface area contributed by atoms with E-state index in [-0.39, 0.29) is 5.56 Å². The van der Waals surface area contributed by atoms with Crippen LogP contribution in [-0.4, -0.2) is 9.97 Å². The molecule has 3 N–H and O–H groups in total. The van der Waals surface area contributed by atoms with Gasteiger partial charge in [0.15, 0.2) is 0 Å². The molecule has 0 atom stereocenters. The number of imidazole rings is 1. The molecule has 0 fully saturated rings. The van der Waals surface area contributed by atoms with E-state index >= 15 is 0 Å². The summed E-state index contributed by atoms with van der Waals surface area (Å²) in [6, 6.07) is 6.17. The number of nitriles is 1. The molecule has 2 aromatic rings. The Bertz CT molecular complexity index is 553. The van der Waals surface area contributed by atoms with Gasteiger partial charge in [0.1, 0.15) is 17.7 Å². The molecule has 16 heavy (non-hydrogen) atoms. The summed E-state index contributed by atoms with van der Waals surface area (Å²) in [6.07, 6.45) is 1.59. The predicted octanol–water partition coefficient (Wildman–Crippen LogP) is 1.55. The molecule has 0 saturated carbocycles. The number of hydrogen-bond donors (Lipinski definition) is 2. The second-order valence-electron chi connectivity index (χ2n) is 3.25. The molecule has 0 aliphatic heterocycles. The van der Waals surface area contributed by atoms with Gasteiger partial charge in [-0.3, -0.25) is 0 Å². The van der Waals surface area contributed by atoms with Crippen molar-refractivity contribution in [3.05, 3.63) is 41.6 Å². The standard InChI is InChI=1S/C11H9FN4/c12-9-3-7(1-2-8(9)4-13)10-6-15-11(5-14)16-10/h1-3,6H,5,14H2,(H,15,16). The Morgan fingerprint density at radius 3 is 2.88 bits per heavy atom. The molecule has 0 saturated heterocycles. The first kappa shape index (κ1) is 10.3. The minimum atomic E-state index is -0.538. The van der Waals surface area contributed by atoms with Crippen LogP contribution in [0.2, 0.25) is 0 Å². The topological polar surface area (TPSA) is 78.5 Å². The van der Waals surface area contributed by atoms with Crippen molar-refractivity contribution < 1.29 is 4.39 Å². The number of aromatic nitrogens is 2. The number of aromatic amines is 1. The van der Waals surface area contributed by atoms with Crippen molar-refractivity contribution in [3.63, 3.8) is 0 Å². The lowest BCUT2D eigenvalue weighted by molar-refractivity contribution is 0.624. The van der Waals surface area contributed by atoms with Crippen LogP contribution in [0.5, 0.6) is 0 Å². The van der Waals surface area contributed by atoms with Gasteiger partial charge < -0.3 is 10.7 Å². The molecule has 2 rings (SSSR count).